The van der Waals surface area contributed by atoms with Crippen LogP contribution in [-0.2, 0) is 4.74 Å². The number of hydrogen-bond donors (Lipinski definition) is 1. The number of aromatic nitrogens is 4. The van der Waals surface area contributed by atoms with E-state index < -0.39 is 17.5 Å². The lowest BCUT2D eigenvalue weighted by Gasteiger charge is -2.20. The summed E-state index contributed by atoms with van der Waals surface area (Å²) in [6.07, 6.45) is 0.681. The topological polar surface area (TPSA) is 73.1 Å². The summed E-state index contributed by atoms with van der Waals surface area (Å²) in [5.41, 5.74) is 0.666. The lowest BCUT2D eigenvalue weighted by Crippen LogP contribution is -2.24. The van der Waals surface area contributed by atoms with Crippen LogP contribution in [0.3, 0.4) is 0 Å². The highest BCUT2D eigenvalue weighted by Crippen LogP contribution is 2.45. The normalized spacial score (nSPS) is 31.2. The van der Waals surface area contributed by atoms with Crippen molar-refractivity contribution in [1.82, 2.24) is 19.5 Å². The molecule has 9 heteroatoms. The summed E-state index contributed by atoms with van der Waals surface area (Å²) in [6, 6.07) is 0. The van der Waals surface area contributed by atoms with Crippen molar-refractivity contribution < 1.29 is 14.2 Å². The SMILES string of the molecule is OC[C@@H]1C[C@@](F)(Cl)[C@H](n2cnc3c(Cl)ncnc32)O1. The minimum Gasteiger partial charge on any atom is -0.394 e. The molecule has 3 heterocycles. The van der Waals surface area contributed by atoms with Gasteiger partial charge in [0.25, 0.3) is 0 Å². The number of nitrogens with zero attached hydrogens (tertiary/aromatic N) is 4. The standard InChI is InChI=1S/C10H9Cl2FN4O2/c11-7-6-8(15-3-14-7)17(4-16-6)9-10(12,13)1-5(2-18)19-9/h3-5,9,18H,1-2H2/t5-,9+,10-/m0/s1. The predicted octanol–water partition coefficient (Wildman–Crippen LogP) is 1.66. The van der Waals surface area contributed by atoms with Crippen molar-refractivity contribution in [3.8, 4) is 0 Å². The summed E-state index contributed by atoms with van der Waals surface area (Å²) in [5.74, 6) is 0. The molecule has 0 aromatic carbocycles. The van der Waals surface area contributed by atoms with E-state index in [1.807, 2.05) is 0 Å². The van der Waals surface area contributed by atoms with E-state index in [-0.39, 0.29) is 18.2 Å². The number of imidazole rings is 1. The van der Waals surface area contributed by atoms with Gasteiger partial charge in [-0.15, -0.1) is 0 Å². The fraction of sp³-hybridized carbons (Fsp3) is 0.500. The Labute approximate surface area is 117 Å². The predicted molar refractivity (Wildman–Crippen MR) is 65.6 cm³/mol. The van der Waals surface area contributed by atoms with Crippen LogP contribution in [0.4, 0.5) is 4.39 Å². The fourth-order valence-electron chi connectivity index (χ4n) is 2.11. The van der Waals surface area contributed by atoms with Gasteiger partial charge in [-0.2, -0.15) is 0 Å². The Balaban J connectivity index is 2.07. The number of halogens is 3. The molecule has 0 bridgehead atoms. The first-order valence-electron chi connectivity index (χ1n) is 5.50. The molecule has 0 aliphatic carbocycles. The Morgan fingerprint density at radius 1 is 1.53 bits per heavy atom. The molecule has 6 nitrogen and oxygen atoms in total. The van der Waals surface area contributed by atoms with Gasteiger partial charge in [0, 0.05) is 6.42 Å². The molecule has 3 rings (SSSR count). The van der Waals surface area contributed by atoms with Crippen molar-refractivity contribution >= 4 is 34.4 Å². The molecule has 1 aliphatic heterocycles. The van der Waals surface area contributed by atoms with Gasteiger partial charge >= 0.3 is 0 Å². The van der Waals surface area contributed by atoms with Crippen molar-refractivity contribution in [3.63, 3.8) is 0 Å². The van der Waals surface area contributed by atoms with E-state index in [9.17, 15) is 4.39 Å². The Kier molecular flexibility index (Phi) is 3.09. The summed E-state index contributed by atoms with van der Waals surface area (Å²) < 4.78 is 21.0. The minimum absolute atomic E-state index is 0.117. The first kappa shape index (κ1) is 13.0. The number of hydrogen-bond acceptors (Lipinski definition) is 5. The molecule has 1 fully saturated rings. The van der Waals surface area contributed by atoms with Crippen LogP contribution in [0.15, 0.2) is 12.7 Å². The van der Waals surface area contributed by atoms with Crippen molar-refractivity contribution in [1.29, 1.82) is 0 Å². The summed E-state index contributed by atoms with van der Waals surface area (Å²) in [4.78, 5) is 11.8. The Hall–Kier alpha value is -1.02. The Morgan fingerprint density at radius 2 is 2.32 bits per heavy atom. The van der Waals surface area contributed by atoms with Crippen LogP contribution < -0.4 is 0 Å². The van der Waals surface area contributed by atoms with Crippen molar-refractivity contribution in [3.05, 3.63) is 17.8 Å². The highest BCUT2D eigenvalue weighted by Gasteiger charge is 2.49. The third-order valence-electron chi connectivity index (χ3n) is 2.95. The highest BCUT2D eigenvalue weighted by molar-refractivity contribution is 6.33. The van der Waals surface area contributed by atoms with Gasteiger partial charge in [0.05, 0.1) is 19.0 Å². The zero-order valence-electron chi connectivity index (χ0n) is 9.50. The molecule has 0 saturated carbocycles. The van der Waals surface area contributed by atoms with Crippen LogP contribution in [0.2, 0.25) is 5.15 Å². The van der Waals surface area contributed by atoms with E-state index in [2.05, 4.69) is 15.0 Å². The van der Waals surface area contributed by atoms with Gasteiger partial charge in [0.15, 0.2) is 17.0 Å². The van der Waals surface area contributed by atoms with Gasteiger partial charge in [-0.25, -0.2) is 19.3 Å². The third kappa shape index (κ3) is 2.06. The second-order valence-corrected chi connectivity index (χ2v) is 5.23. The molecule has 1 aliphatic rings. The lowest BCUT2D eigenvalue weighted by molar-refractivity contribution is -0.0423. The fourth-order valence-corrected chi connectivity index (χ4v) is 2.61. The smallest absolute Gasteiger partial charge is 0.230 e. The number of aliphatic hydroxyl groups excluding tert-OH is 1. The van der Waals surface area contributed by atoms with Crippen molar-refractivity contribution in [2.75, 3.05) is 6.61 Å². The molecular weight excluding hydrogens is 298 g/mol. The summed E-state index contributed by atoms with van der Waals surface area (Å²) in [5, 5.41) is 7.07. The molecule has 0 amide bonds. The maximum atomic E-state index is 14.3. The first-order valence-corrected chi connectivity index (χ1v) is 6.25. The van der Waals surface area contributed by atoms with E-state index in [4.69, 9.17) is 33.0 Å². The number of rotatable bonds is 2. The maximum Gasteiger partial charge on any atom is 0.230 e. The Morgan fingerprint density at radius 3 is 3.00 bits per heavy atom. The largest absolute Gasteiger partial charge is 0.394 e. The number of aliphatic hydroxyl groups is 1. The lowest BCUT2D eigenvalue weighted by atomic mass is 10.2. The van der Waals surface area contributed by atoms with Crippen molar-refractivity contribution in [2.45, 2.75) is 23.9 Å². The second-order valence-electron chi connectivity index (χ2n) is 4.25. The van der Waals surface area contributed by atoms with Crippen LogP contribution in [-0.4, -0.2) is 42.5 Å². The molecule has 19 heavy (non-hydrogen) atoms. The van der Waals surface area contributed by atoms with Gasteiger partial charge in [0.2, 0.25) is 5.13 Å². The monoisotopic (exact) mass is 306 g/mol. The quantitative estimate of drug-likeness (QED) is 0.675. The van der Waals surface area contributed by atoms with Crippen LogP contribution in [0.1, 0.15) is 12.6 Å². The van der Waals surface area contributed by atoms with Gasteiger partial charge in [-0.05, 0) is 0 Å². The number of alkyl halides is 2. The molecule has 3 atom stereocenters. The average molecular weight is 307 g/mol. The molecular formula is C10H9Cl2FN4O2. The van der Waals surface area contributed by atoms with Crippen LogP contribution >= 0.6 is 23.2 Å². The van der Waals surface area contributed by atoms with Crippen LogP contribution in [0.5, 0.6) is 0 Å². The van der Waals surface area contributed by atoms with E-state index >= 15 is 0 Å². The summed E-state index contributed by atoms with van der Waals surface area (Å²) >= 11 is 11.7. The van der Waals surface area contributed by atoms with Crippen molar-refractivity contribution in [2.24, 2.45) is 0 Å². The van der Waals surface area contributed by atoms with E-state index in [1.54, 1.807) is 0 Å². The maximum absolute atomic E-state index is 14.3. The third-order valence-corrected chi connectivity index (χ3v) is 3.57. The zero-order chi connectivity index (χ0) is 13.6. The molecule has 0 unspecified atom stereocenters. The molecule has 2 aromatic heterocycles. The van der Waals surface area contributed by atoms with Crippen LogP contribution in [0, 0.1) is 0 Å². The number of ether oxygens (including phenoxy) is 1. The molecule has 0 radical (unpaired) electrons. The summed E-state index contributed by atoms with van der Waals surface area (Å²) in [7, 11) is 0. The Bertz CT molecular complexity index is 621. The number of fused-ring (bicyclic) bond motifs is 1. The van der Waals surface area contributed by atoms with E-state index in [0.29, 0.717) is 11.2 Å². The minimum atomic E-state index is -2.14. The molecule has 2 aromatic rings. The van der Waals surface area contributed by atoms with Crippen LogP contribution in [0.25, 0.3) is 11.2 Å². The van der Waals surface area contributed by atoms with Gasteiger partial charge in [-0.3, -0.25) is 4.57 Å². The molecule has 1 N–H and O–H groups in total. The average Bonchev–Trinajstić information content (AvgIpc) is 2.90. The zero-order valence-corrected chi connectivity index (χ0v) is 11.0. The summed E-state index contributed by atoms with van der Waals surface area (Å²) in [6.45, 7) is -0.308. The molecule has 1 saturated heterocycles. The first-order chi connectivity index (χ1) is 9.03. The van der Waals surface area contributed by atoms with E-state index in [0.717, 1.165) is 0 Å². The van der Waals surface area contributed by atoms with Gasteiger partial charge < -0.3 is 9.84 Å². The van der Waals surface area contributed by atoms with Gasteiger partial charge in [-0.1, -0.05) is 23.2 Å². The van der Waals surface area contributed by atoms with Gasteiger partial charge in [0.1, 0.15) is 11.8 Å². The molecule has 0 spiro atoms. The second kappa shape index (κ2) is 4.52. The highest BCUT2D eigenvalue weighted by atomic mass is 35.5. The molecule has 102 valence electrons. The van der Waals surface area contributed by atoms with E-state index in [1.165, 1.54) is 17.2 Å².